The summed E-state index contributed by atoms with van der Waals surface area (Å²) < 4.78 is 19.6. The Hall–Kier alpha value is -4.46. The molecule has 1 heterocycles. The number of rotatable bonds is 5. The molecular formula is C24H19FN4O3. The maximum Gasteiger partial charge on any atom is 0.323 e. The Morgan fingerprint density at radius 3 is 2.44 bits per heavy atom. The van der Waals surface area contributed by atoms with Crippen LogP contribution in [0.5, 0.6) is 11.5 Å². The van der Waals surface area contributed by atoms with Crippen LogP contribution in [-0.4, -0.2) is 24.0 Å². The fraction of sp³-hybridized carbons (Fsp3) is 0.0417. The van der Waals surface area contributed by atoms with Gasteiger partial charge in [0.25, 0.3) is 5.91 Å². The molecule has 0 atom stereocenters. The van der Waals surface area contributed by atoms with Gasteiger partial charge in [-0.15, -0.1) is 0 Å². The zero-order chi connectivity index (χ0) is 22.5. The van der Waals surface area contributed by atoms with Crippen molar-refractivity contribution >= 4 is 34.1 Å². The van der Waals surface area contributed by atoms with Crippen LogP contribution in [0.1, 0.15) is 10.5 Å². The lowest BCUT2D eigenvalue weighted by atomic mass is 10.1. The van der Waals surface area contributed by atoms with E-state index in [4.69, 9.17) is 4.74 Å². The van der Waals surface area contributed by atoms with E-state index in [-0.39, 0.29) is 17.3 Å². The number of amides is 3. The number of carbonyl (C=O) groups is 2. The van der Waals surface area contributed by atoms with Crippen LogP contribution in [0.3, 0.4) is 0 Å². The molecule has 3 amide bonds. The van der Waals surface area contributed by atoms with Crippen molar-refractivity contribution in [1.82, 2.24) is 10.3 Å². The van der Waals surface area contributed by atoms with Gasteiger partial charge in [0, 0.05) is 24.7 Å². The second kappa shape index (κ2) is 9.13. The molecule has 7 nitrogen and oxygen atoms in total. The van der Waals surface area contributed by atoms with Gasteiger partial charge in [0.2, 0.25) is 0 Å². The Kier molecular flexibility index (Phi) is 5.94. The summed E-state index contributed by atoms with van der Waals surface area (Å²) in [6.45, 7) is 0. The molecule has 8 heteroatoms. The number of anilines is 2. The summed E-state index contributed by atoms with van der Waals surface area (Å²) in [4.78, 5) is 28.1. The first kappa shape index (κ1) is 20.8. The van der Waals surface area contributed by atoms with Crippen molar-refractivity contribution in [2.45, 2.75) is 0 Å². The highest BCUT2D eigenvalue weighted by Gasteiger charge is 2.10. The number of nitrogens with one attached hydrogen (secondary N) is 3. The van der Waals surface area contributed by atoms with Crippen LogP contribution in [0.2, 0.25) is 0 Å². The van der Waals surface area contributed by atoms with Crippen molar-refractivity contribution in [2.75, 3.05) is 17.7 Å². The van der Waals surface area contributed by atoms with Gasteiger partial charge in [0.15, 0.2) is 0 Å². The number of para-hydroxylation sites is 1. The van der Waals surface area contributed by atoms with E-state index in [1.54, 1.807) is 42.5 Å². The van der Waals surface area contributed by atoms with Gasteiger partial charge < -0.3 is 20.7 Å². The smallest absolute Gasteiger partial charge is 0.323 e. The topological polar surface area (TPSA) is 92.4 Å². The number of fused-ring (bicyclic) bond motifs is 1. The molecule has 0 aliphatic carbocycles. The summed E-state index contributed by atoms with van der Waals surface area (Å²) in [5.74, 6) is 0.201. The number of benzene rings is 3. The van der Waals surface area contributed by atoms with E-state index < -0.39 is 11.8 Å². The van der Waals surface area contributed by atoms with Crippen molar-refractivity contribution in [2.24, 2.45) is 0 Å². The third-order valence-corrected chi connectivity index (χ3v) is 4.65. The fourth-order valence-electron chi connectivity index (χ4n) is 3.14. The predicted molar refractivity (Wildman–Crippen MR) is 121 cm³/mol. The van der Waals surface area contributed by atoms with Crippen LogP contribution in [-0.2, 0) is 0 Å². The third-order valence-electron chi connectivity index (χ3n) is 4.65. The summed E-state index contributed by atoms with van der Waals surface area (Å²) in [5, 5.41) is 9.37. The SMILES string of the molecule is CNC(=O)c1cc(Oc2ccc3c(NC(=O)Nc4ccccc4F)cccc3c2)ccn1. The molecule has 0 saturated heterocycles. The van der Waals surface area contributed by atoms with Gasteiger partial charge in [0.05, 0.1) is 11.4 Å². The molecule has 0 aliphatic heterocycles. The van der Waals surface area contributed by atoms with Crippen LogP contribution in [0.4, 0.5) is 20.6 Å². The maximum atomic E-state index is 13.8. The second-order valence-corrected chi connectivity index (χ2v) is 6.81. The molecule has 0 spiro atoms. The zero-order valence-corrected chi connectivity index (χ0v) is 17.1. The molecule has 0 saturated carbocycles. The first-order chi connectivity index (χ1) is 15.5. The zero-order valence-electron chi connectivity index (χ0n) is 17.1. The third kappa shape index (κ3) is 4.65. The molecule has 0 aliphatic rings. The van der Waals surface area contributed by atoms with E-state index in [0.717, 1.165) is 10.8 Å². The Morgan fingerprint density at radius 1 is 0.875 bits per heavy atom. The van der Waals surface area contributed by atoms with E-state index in [1.165, 1.54) is 25.4 Å². The number of nitrogens with zero attached hydrogens (tertiary/aromatic N) is 1. The molecule has 4 aromatic rings. The summed E-state index contributed by atoms with van der Waals surface area (Å²) in [7, 11) is 1.53. The molecule has 0 unspecified atom stereocenters. The second-order valence-electron chi connectivity index (χ2n) is 6.81. The average molecular weight is 430 g/mol. The van der Waals surface area contributed by atoms with Crippen molar-refractivity contribution in [1.29, 1.82) is 0 Å². The lowest BCUT2D eigenvalue weighted by Crippen LogP contribution is -2.20. The monoisotopic (exact) mass is 430 g/mol. The highest BCUT2D eigenvalue weighted by Crippen LogP contribution is 2.30. The summed E-state index contributed by atoms with van der Waals surface area (Å²) in [6, 6.07) is 19.4. The standard InChI is InChI=1S/C24H19FN4O3/c1-26-23(30)22-14-17(11-12-27-22)32-16-9-10-18-15(13-16)5-4-8-20(18)28-24(31)29-21-7-3-2-6-19(21)25/h2-14H,1H3,(H,26,30)(H2,28,29,31). The summed E-state index contributed by atoms with van der Waals surface area (Å²) in [6.07, 6.45) is 1.50. The minimum atomic E-state index is -0.554. The van der Waals surface area contributed by atoms with Crippen LogP contribution in [0, 0.1) is 5.82 Å². The van der Waals surface area contributed by atoms with Crippen LogP contribution in [0.25, 0.3) is 10.8 Å². The lowest BCUT2D eigenvalue weighted by Gasteiger charge is -2.12. The molecule has 3 aromatic carbocycles. The number of halogens is 1. The highest BCUT2D eigenvalue weighted by atomic mass is 19.1. The highest BCUT2D eigenvalue weighted by molar-refractivity contribution is 6.06. The van der Waals surface area contributed by atoms with Gasteiger partial charge in [0.1, 0.15) is 23.0 Å². The van der Waals surface area contributed by atoms with Gasteiger partial charge >= 0.3 is 6.03 Å². The van der Waals surface area contributed by atoms with E-state index in [9.17, 15) is 14.0 Å². The molecule has 1 aromatic heterocycles. The molecule has 4 rings (SSSR count). The minimum Gasteiger partial charge on any atom is -0.457 e. The Balaban J connectivity index is 1.53. The molecule has 160 valence electrons. The summed E-state index contributed by atoms with van der Waals surface area (Å²) >= 11 is 0. The quantitative estimate of drug-likeness (QED) is 0.407. The van der Waals surface area contributed by atoms with E-state index in [1.807, 2.05) is 18.2 Å². The Morgan fingerprint density at radius 2 is 1.62 bits per heavy atom. The van der Waals surface area contributed by atoms with E-state index in [2.05, 4.69) is 20.9 Å². The first-order valence-corrected chi connectivity index (χ1v) is 9.75. The number of hydrogen-bond donors (Lipinski definition) is 3. The number of ether oxygens (including phenoxy) is 1. The van der Waals surface area contributed by atoms with Gasteiger partial charge in [-0.2, -0.15) is 0 Å². The maximum absolute atomic E-state index is 13.8. The molecular weight excluding hydrogens is 411 g/mol. The van der Waals surface area contributed by atoms with Gasteiger partial charge in [-0.1, -0.05) is 24.3 Å². The normalized spacial score (nSPS) is 10.4. The van der Waals surface area contributed by atoms with E-state index >= 15 is 0 Å². The van der Waals surface area contributed by atoms with Gasteiger partial charge in [-0.25, -0.2) is 9.18 Å². The average Bonchev–Trinajstić information content (AvgIpc) is 2.80. The number of hydrogen-bond acceptors (Lipinski definition) is 4. The number of pyridine rings is 1. The fourth-order valence-corrected chi connectivity index (χ4v) is 3.14. The van der Waals surface area contributed by atoms with Crippen molar-refractivity contribution < 1.29 is 18.7 Å². The Labute approximate surface area is 183 Å². The van der Waals surface area contributed by atoms with Crippen LogP contribution in [0.15, 0.2) is 79.0 Å². The molecule has 3 N–H and O–H groups in total. The van der Waals surface area contributed by atoms with Gasteiger partial charge in [-0.05, 0) is 47.9 Å². The van der Waals surface area contributed by atoms with Crippen molar-refractivity contribution in [3.8, 4) is 11.5 Å². The molecule has 0 fully saturated rings. The number of aromatic nitrogens is 1. The largest absolute Gasteiger partial charge is 0.457 e. The predicted octanol–water partition coefficient (Wildman–Crippen LogP) is 5.17. The number of carbonyl (C=O) groups excluding carboxylic acids is 2. The Bertz CT molecular complexity index is 1310. The molecule has 0 bridgehead atoms. The van der Waals surface area contributed by atoms with Crippen molar-refractivity contribution in [3.05, 3.63) is 90.5 Å². The lowest BCUT2D eigenvalue weighted by molar-refractivity contribution is 0.0958. The van der Waals surface area contributed by atoms with Crippen molar-refractivity contribution in [3.63, 3.8) is 0 Å². The molecule has 0 radical (unpaired) electrons. The van der Waals surface area contributed by atoms with Crippen LogP contribution >= 0.6 is 0 Å². The van der Waals surface area contributed by atoms with Crippen LogP contribution < -0.4 is 20.7 Å². The van der Waals surface area contributed by atoms with E-state index in [0.29, 0.717) is 17.2 Å². The first-order valence-electron chi connectivity index (χ1n) is 9.75. The van der Waals surface area contributed by atoms with Gasteiger partial charge in [-0.3, -0.25) is 9.78 Å². The number of urea groups is 1. The molecule has 32 heavy (non-hydrogen) atoms. The summed E-state index contributed by atoms with van der Waals surface area (Å²) in [5.41, 5.74) is 0.904. The minimum absolute atomic E-state index is 0.0920.